The van der Waals surface area contributed by atoms with Gasteiger partial charge in [-0.15, -0.1) is 0 Å². The topological polar surface area (TPSA) is 103 Å². The highest BCUT2D eigenvalue weighted by Gasteiger charge is 2.27. The molecule has 1 aliphatic heterocycles. The highest BCUT2D eigenvalue weighted by molar-refractivity contribution is 5.80. The minimum atomic E-state index is -0.0593. The summed E-state index contributed by atoms with van der Waals surface area (Å²) in [6, 6.07) is 0. The molecule has 0 bridgehead atoms. The van der Waals surface area contributed by atoms with Gasteiger partial charge in [0.2, 0.25) is 5.91 Å². The fraction of sp³-hybridized carbons (Fsp3) is 0.733. The number of nitrogens with one attached hydrogen (secondary N) is 1. The van der Waals surface area contributed by atoms with Crippen molar-refractivity contribution in [3.8, 4) is 0 Å². The average Bonchev–Trinajstić information content (AvgIpc) is 2.56. The maximum absolute atomic E-state index is 11.5. The largest absolute Gasteiger partial charge is 0.404 e. The monoisotopic (exact) mass is 294 g/mol. The molecule has 118 valence electrons. The van der Waals surface area contributed by atoms with Crippen molar-refractivity contribution in [2.24, 2.45) is 28.4 Å². The zero-order valence-electron chi connectivity index (χ0n) is 12.5. The molecule has 0 spiro atoms. The van der Waals surface area contributed by atoms with Gasteiger partial charge in [0.1, 0.15) is 6.23 Å². The van der Waals surface area contributed by atoms with Crippen LogP contribution in [0.4, 0.5) is 0 Å². The van der Waals surface area contributed by atoms with E-state index < -0.39 is 0 Å². The second-order valence-electron chi connectivity index (χ2n) is 5.82. The highest BCUT2D eigenvalue weighted by Crippen LogP contribution is 2.32. The third-order valence-corrected chi connectivity index (χ3v) is 4.45. The molecule has 21 heavy (non-hydrogen) atoms. The van der Waals surface area contributed by atoms with Crippen LogP contribution < -0.4 is 17.0 Å². The Bertz CT molecular complexity index is 394. The third-order valence-electron chi connectivity index (χ3n) is 4.45. The fourth-order valence-corrected chi connectivity index (χ4v) is 3.10. The normalized spacial score (nSPS) is 31.3. The second-order valence-corrected chi connectivity index (χ2v) is 5.82. The first-order valence-electron chi connectivity index (χ1n) is 7.81. The lowest BCUT2D eigenvalue weighted by Crippen LogP contribution is -2.37. The molecule has 0 aromatic rings. The molecular weight excluding hydrogens is 268 g/mol. The van der Waals surface area contributed by atoms with Gasteiger partial charge in [0.15, 0.2) is 0 Å². The summed E-state index contributed by atoms with van der Waals surface area (Å²) in [5, 5.41) is 0. The van der Waals surface area contributed by atoms with E-state index >= 15 is 0 Å². The first-order chi connectivity index (χ1) is 10.2. The van der Waals surface area contributed by atoms with Crippen molar-refractivity contribution >= 4 is 12.1 Å². The summed E-state index contributed by atoms with van der Waals surface area (Å²) in [6.45, 7) is 0.795. The maximum atomic E-state index is 11.5. The van der Waals surface area contributed by atoms with Crippen LogP contribution in [0.2, 0.25) is 0 Å². The average molecular weight is 294 g/mol. The molecule has 2 aliphatic rings. The van der Waals surface area contributed by atoms with Gasteiger partial charge < -0.3 is 10.5 Å². The van der Waals surface area contributed by atoms with Crippen molar-refractivity contribution in [3.05, 3.63) is 11.8 Å². The molecule has 0 aromatic carbocycles. The lowest BCUT2D eigenvalue weighted by atomic mass is 9.78. The molecule has 5 N–H and O–H groups in total. The number of allylic oxidation sites excluding steroid dienone is 1. The Labute approximate surface area is 126 Å². The molecule has 2 fully saturated rings. The fourth-order valence-electron chi connectivity index (χ4n) is 3.10. The van der Waals surface area contributed by atoms with E-state index in [0.29, 0.717) is 5.92 Å². The quantitative estimate of drug-likeness (QED) is 0.314. The van der Waals surface area contributed by atoms with Crippen molar-refractivity contribution in [1.29, 1.82) is 0 Å². The van der Waals surface area contributed by atoms with Crippen molar-refractivity contribution in [1.82, 2.24) is 5.43 Å². The van der Waals surface area contributed by atoms with Crippen LogP contribution in [0.15, 0.2) is 16.8 Å². The molecular formula is C15H26N4O2. The van der Waals surface area contributed by atoms with Crippen LogP contribution in [0, 0.1) is 11.8 Å². The minimum Gasteiger partial charge on any atom is -0.404 e. The molecule has 6 heteroatoms. The summed E-state index contributed by atoms with van der Waals surface area (Å²) >= 11 is 0. The number of hydrogen-bond donors (Lipinski definition) is 3. The maximum Gasteiger partial charge on any atom is 0.236 e. The molecule has 1 amide bonds. The summed E-state index contributed by atoms with van der Waals surface area (Å²) in [5.41, 5.74) is 9.04. The van der Waals surface area contributed by atoms with Crippen LogP contribution in [-0.4, -0.2) is 25.0 Å². The smallest absolute Gasteiger partial charge is 0.236 e. The predicted octanol–water partition coefficient (Wildman–Crippen LogP) is 1.22. The molecule has 1 saturated carbocycles. The van der Waals surface area contributed by atoms with E-state index in [9.17, 15) is 4.79 Å². The van der Waals surface area contributed by atoms with Gasteiger partial charge in [0.05, 0.1) is 0 Å². The van der Waals surface area contributed by atoms with Crippen LogP contribution in [0.25, 0.3) is 0 Å². The Balaban J connectivity index is 1.85. The van der Waals surface area contributed by atoms with Gasteiger partial charge in [-0.3, -0.25) is 15.2 Å². The Morgan fingerprint density at radius 3 is 2.43 bits per heavy atom. The molecule has 1 aliphatic carbocycles. The van der Waals surface area contributed by atoms with E-state index in [1.54, 1.807) is 6.20 Å². The van der Waals surface area contributed by atoms with E-state index in [2.05, 4.69) is 10.4 Å². The van der Waals surface area contributed by atoms with Gasteiger partial charge in [0, 0.05) is 18.7 Å². The van der Waals surface area contributed by atoms with Crippen LogP contribution in [0.5, 0.6) is 0 Å². The number of hydrogen-bond acceptors (Lipinski definition) is 5. The molecule has 1 unspecified atom stereocenters. The summed E-state index contributed by atoms with van der Waals surface area (Å²) in [4.78, 5) is 16.0. The van der Waals surface area contributed by atoms with E-state index in [0.717, 1.165) is 50.7 Å². The van der Waals surface area contributed by atoms with Crippen molar-refractivity contribution in [2.45, 2.75) is 51.2 Å². The molecule has 1 atom stereocenters. The molecule has 0 aromatic heterocycles. The van der Waals surface area contributed by atoms with E-state index in [1.165, 1.54) is 6.42 Å². The van der Waals surface area contributed by atoms with Crippen molar-refractivity contribution in [2.75, 3.05) is 6.61 Å². The van der Waals surface area contributed by atoms with Gasteiger partial charge in [-0.2, -0.15) is 0 Å². The third kappa shape index (κ3) is 4.54. The summed E-state index contributed by atoms with van der Waals surface area (Å²) < 4.78 is 5.59. The van der Waals surface area contributed by atoms with Crippen LogP contribution >= 0.6 is 0 Å². The number of nitrogens with zero attached hydrogens (tertiary/aromatic N) is 1. The Morgan fingerprint density at radius 2 is 1.86 bits per heavy atom. The summed E-state index contributed by atoms with van der Waals surface area (Å²) in [5.74, 6) is 5.54. The summed E-state index contributed by atoms with van der Waals surface area (Å²) in [7, 11) is 0. The van der Waals surface area contributed by atoms with Crippen LogP contribution in [0.3, 0.4) is 0 Å². The lowest BCUT2D eigenvalue weighted by Gasteiger charge is -2.28. The predicted molar refractivity (Wildman–Crippen MR) is 82.1 cm³/mol. The second kappa shape index (κ2) is 8.14. The van der Waals surface area contributed by atoms with Gasteiger partial charge in [-0.25, -0.2) is 5.84 Å². The lowest BCUT2D eigenvalue weighted by molar-refractivity contribution is -0.126. The van der Waals surface area contributed by atoms with Crippen molar-refractivity contribution < 1.29 is 9.53 Å². The van der Waals surface area contributed by atoms with Gasteiger partial charge >= 0.3 is 0 Å². The Morgan fingerprint density at radius 1 is 1.14 bits per heavy atom. The Hall–Kier alpha value is -1.40. The zero-order chi connectivity index (χ0) is 15.1. The molecule has 1 saturated heterocycles. The Kier molecular flexibility index (Phi) is 6.20. The number of rotatable bonds is 4. The standard InChI is InChI=1S/C15H26N4O2/c16-9-13(10-18-14-3-1-2-8-21-14)11-4-6-12(7-5-11)15(20)19-17/h9-12,14H,1-8,16-17H2,(H,19,20). The van der Waals surface area contributed by atoms with E-state index in [1.807, 2.05) is 6.21 Å². The molecule has 6 nitrogen and oxygen atoms in total. The van der Waals surface area contributed by atoms with Crippen LogP contribution in [-0.2, 0) is 9.53 Å². The minimum absolute atomic E-state index is 0.0203. The first kappa shape index (κ1) is 16.0. The SMILES string of the molecule is NC=C(C=NC1CCCCO1)C1CCC(C(=O)NN)CC1. The zero-order valence-corrected chi connectivity index (χ0v) is 12.5. The molecule has 1 heterocycles. The van der Waals surface area contributed by atoms with Gasteiger partial charge in [-0.1, -0.05) is 0 Å². The van der Waals surface area contributed by atoms with Crippen LogP contribution in [0.1, 0.15) is 44.9 Å². The molecule has 0 radical (unpaired) electrons. The number of ether oxygens (including phenoxy) is 1. The van der Waals surface area contributed by atoms with Gasteiger partial charge in [0.25, 0.3) is 0 Å². The number of hydrazine groups is 1. The number of amides is 1. The highest BCUT2D eigenvalue weighted by atomic mass is 16.5. The number of carbonyl (C=O) groups excluding carboxylic acids is 1. The number of carbonyl (C=O) groups is 1. The number of aliphatic imine (C=N–C) groups is 1. The number of nitrogens with two attached hydrogens (primary N) is 2. The molecule has 2 rings (SSSR count). The summed E-state index contributed by atoms with van der Waals surface area (Å²) in [6.07, 6.45) is 10.3. The van der Waals surface area contributed by atoms with E-state index in [4.69, 9.17) is 16.3 Å². The first-order valence-corrected chi connectivity index (χ1v) is 7.81. The van der Waals surface area contributed by atoms with Gasteiger partial charge in [-0.05, 0) is 62.6 Å². The van der Waals surface area contributed by atoms with Crippen molar-refractivity contribution in [3.63, 3.8) is 0 Å². The van der Waals surface area contributed by atoms with E-state index in [-0.39, 0.29) is 18.1 Å².